The molecule has 0 atom stereocenters. The lowest BCUT2D eigenvalue weighted by molar-refractivity contribution is 0.832. The Hall–Kier alpha value is -0.810. The molecule has 0 N–H and O–H groups in total. The number of rotatable bonds is 4. The van der Waals surface area contributed by atoms with Crippen molar-refractivity contribution in [3.05, 3.63) is 18.1 Å². The highest BCUT2D eigenvalue weighted by Crippen LogP contribution is 2.19. The number of halogens is 1. The number of fused-ring (bicyclic) bond motifs is 1. The minimum atomic E-state index is 0.656. The van der Waals surface area contributed by atoms with Gasteiger partial charge in [0.15, 0.2) is 0 Å². The molecule has 2 heterocycles. The molecule has 0 unspecified atom stereocenters. The molecule has 0 radical (unpaired) electrons. The summed E-state index contributed by atoms with van der Waals surface area (Å²) in [5.74, 6) is 2.34. The zero-order valence-corrected chi connectivity index (χ0v) is 9.92. The van der Waals surface area contributed by atoms with Gasteiger partial charge in [-0.2, -0.15) is 14.6 Å². The van der Waals surface area contributed by atoms with Gasteiger partial charge in [0.25, 0.3) is 5.78 Å². The SMILES string of the molecule is Cc1cc(SCCCCl)n2ncnc2n1. The summed E-state index contributed by atoms with van der Waals surface area (Å²) >= 11 is 7.37. The lowest BCUT2D eigenvalue weighted by atomic mass is 10.5. The fraction of sp³-hybridized carbons (Fsp3) is 0.444. The van der Waals surface area contributed by atoms with Gasteiger partial charge in [-0.25, -0.2) is 4.98 Å². The summed E-state index contributed by atoms with van der Waals surface area (Å²) < 4.78 is 1.76. The predicted molar refractivity (Wildman–Crippen MR) is 61.6 cm³/mol. The Kier molecular flexibility index (Phi) is 3.43. The average molecular weight is 243 g/mol. The third-order valence-corrected chi connectivity index (χ3v) is 3.22. The molecule has 4 nitrogen and oxygen atoms in total. The number of alkyl halides is 1. The molecular formula is C9H11ClN4S. The zero-order chi connectivity index (χ0) is 10.7. The van der Waals surface area contributed by atoms with E-state index in [2.05, 4.69) is 15.1 Å². The Balaban J connectivity index is 2.27. The second-order valence-electron chi connectivity index (χ2n) is 3.10. The van der Waals surface area contributed by atoms with Crippen molar-refractivity contribution in [3.63, 3.8) is 0 Å². The molecule has 0 aliphatic rings. The van der Waals surface area contributed by atoms with Crippen molar-refractivity contribution in [1.29, 1.82) is 0 Å². The summed E-state index contributed by atoms with van der Waals surface area (Å²) in [5.41, 5.74) is 0.962. The summed E-state index contributed by atoms with van der Waals surface area (Å²) in [6.45, 7) is 1.96. The average Bonchev–Trinajstić information content (AvgIpc) is 2.65. The third kappa shape index (κ3) is 2.41. The van der Waals surface area contributed by atoms with Gasteiger partial charge in [0, 0.05) is 17.3 Å². The van der Waals surface area contributed by atoms with Gasteiger partial charge in [-0.05, 0) is 19.4 Å². The molecule has 15 heavy (non-hydrogen) atoms. The van der Waals surface area contributed by atoms with Crippen molar-refractivity contribution in [1.82, 2.24) is 19.6 Å². The summed E-state index contributed by atoms with van der Waals surface area (Å²) in [6.07, 6.45) is 2.51. The van der Waals surface area contributed by atoms with E-state index in [0.29, 0.717) is 11.7 Å². The van der Waals surface area contributed by atoms with Crippen LogP contribution in [-0.2, 0) is 0 Å². The normalized spacial score (nSPS) is 11.1. The molecule has 0 spiro atoms. The molecule has 0 aliphatic carbocycles. The zero-order valence-electron chi connectivity index (χ0n) is 8.35. The van der Waals surface area contributed by atoms with Crippen LogP contribution in [0.25, 0.3) is 5.78 Å². The van der Waals surface area contributed by atoms with Gasteiger partial charge in [0.2, 0.25) is 0 Å². The van der Waals surface area contributed by atoms with Gasteiger partial charge in [-0.15, -0.1) is 23.4 Å². The summed E-state index contributed by atoms with van der Waals surface area (Å²) in [5, 5.41) is 5.20. The predicted octanol–water partition coefficient (Wildman–Crippen LogP) is 2.15. The second kappa shape index (κ2) is 4.81. The van der Waals surface area contributed by atoms with Crippen LogP contribution in [0, 0.1) is 6.92 Å². The standard InChI is InChI=1S/C9H11ClN4S/c1-7-5-8(15-4-2-3-10)14-9(13-7)11-6-12-14/h5-6H,2-4H2,1H3. The lowest BCUT2D eigenvalue weighted by Crippen LogP contribution is -1.97. The van der Waals surface area contributed by atoms with Crippen LogP contribution in [0.15, 0.2) is 17.4 Å². The van der Waals surface area contributed by atoms with Gasteiger partial charge in [-0.3, -0.25) is 0 Å². The molecule has 6 heteroatoms. The van der Waals surface area contributed by atoms with Crippen LogP contribution in [0.2, 0.25) is 0 Å². The highest BCUT2D eigenvalue weighted by molar-refractivity contribution is 7.99. The fourth-order valence-corrected chi connectivity index (χ4v) is 2.53. The maximum absolute atomic E-state index is 5.64. The lowest BCUT2D eigenvalue weighted by Gasteiger charge is -2.03. The van der Waals surface area contributed by atoms with E-state index in [0.717, 1.165) is 22.9 Å². The van der Waals surface area contributed by atoms with Crippen molar-refractivity contribution in [2.45, 2.75) is 18.4 Å². The third-order valence-electron chi connectivity index (χ3n) is 1.88. The van der Waals surface area contributed by atoms with E-state index < -0.39 is 0 Å². The molecule has 2 rings (SSSR count). The Morgan fingerprint density at radius 2 is 2.40 bits per heavy atom. The smallest absolute Gasteiger partial charge is 0.216 e. The van der Waals surface area contributed by atoms with Gasteiger partial charge < -0.3 is 0 Å². The van der Waals surface area contributed by atoms with E-state index in [9.17, 15) is 0 Å². The first-order chi connectivity index (χ1) is 7.31. The monoisotopic (exact) mass is 242 g/mol. The number of aryl methyl sites for hydroxylation is 1. The Bertz CT molecular complexity index is 456. The second-order valence-corrected chi connectivity index (χ2v) is 4.59. The van der Waals surface area contributed by atoms with Gasteiger partial charge in [0.05, 0.1) is 0 Å². The van der Waals surface area contributed by atoms with Gasteiger partial charge >= 0.3 is 0 Å². The van der Waals surface area contributed by atoms with Crippen molar-refractivity contribution >= 4 is 29.1 Å². The first-order valence-corrected chi connectivity index (χ1v) is 6.19. The Morgan fingerprint density at radius 1 is 1.53 bits per heavy atom. The van der Waals surface area contributed by atoms with E-state index in [1.807, 2.05) is 13.0 Å². The highest BCUT2D eigenvalue weighted by Gasteiger charge is 2.05. The van der Waals surface area contributed by atoms with Gasteiger partial charge in [0.1, 0.15) is 11.4 Å². The molecule has 0 saturated carbocycles. The maximum Gasteiger partial charge on any atom is 0.253 e. The fourth-order valence-electron chi connectivity index (χ4n) is 1.23. The summed E-state index contributed by atoms with van der Waals surface area (Å²) in [4.78, 5) is 8.34. The molecule has 0 amide bonds. The number of thioether (sulfide) groups is 1. The van der Waals surface area contributed by atoms with E-state index in [4.69, 9.17) is 11.6 Å². The van der Waals surface area contributed by atoms with Crippen LogP contribution in [0.1, 0.15) is 12.1 Å². The molecule has 2 aromatic heterocycles. The van der Waals surface area contributed by atoms with Crippen LogP contribution in [-0.4, -0.2) is 31.2 Å². The van der Waals surface area contributed by atoms with Crippen molar-refractivity contribution in [2.24, 2.45) is 0 Å². The van der Waals surface area contributed by atoms with Crippen LogP contribution in [0.4, 0.5) is 0 Å². The van der Waals surface area contributed by atoms with Crippen LogP contribution in [0.3, 0.4) is 0 Å². The van der Waals surface area contributed by atoms with Crippen molar-refractivity contribution in [2.75, 3.05) is 11.6 Å². The molecule has 0 saturated heterocycles. The largest absolute Gasteiger partial charge is 0.253 e. The van der Waals surface area contributed by atoms with E-state index in [-0.39, 0.29) is 0 Å². The van der Waals surface area contributed by atoms with Crippen LogP contribution in [0.5, 0.6) is 0 Å². The highest BCUT2D eigenvalue weighted by atomic mass is 35.5. The van der Waals surface area contributed by atoms with Crippen molar-refractivity contribution in [3.8, 4) is 0 Å². The number of aromatic nitrogens is 4. The molecule has 0 aromatic carbocycles. The molecular weight excluding hydrogens is 232 g/mol. The number of nitrogens with zero attached hydrogens (tertiary/aromatic N) is 4. The first kappa shape index (κ1) is 10.7. The van der Waals surface area contributed by atoms with Gasteiger partial charge in [-0.1, -0.05) is 0 Å². The van der Waals surface area contributed by atoms with Crippen molar-refractivity contribution < 1.29 is 0 Å². The first-order valence-electron chi connectivity index (χ1n) is 4.67. The Labute approximate surface area is 97.1 Å². The molecule has 0 fully saturated rings. The van der Waals surface area contributed by atoms with Crippen LogP contribution < -0.4 is 0 Å². The molecule has 0 aliphatic heterocycles. The summed E-state index contributed by atoms with van der Waals surface area (Å²) in [7, 11) is 0. The van der Waals surface area contributed by atoms with E-state index >= 15 is 0 Å². The minimum absolute atomic E-state index is 0.656. The molecule has 0 bridgehead atoms. The quantitative estimate of drug-likeness (QED) is 0.357. The molecule has 2 aromatic rings. The topological polar surface area (TPSA) is 43.1 Å². The maximum atomic E-state index is 5.64. The van der Waals surface area contributed by atoms with Crippen LogP contribution >= 0.6 is 23.4 Å². The van der Waals surface area contributed by atoms with E-state index in [1.54, 1.807) is 16.3 Å². The summed E-state index contributed by atoms with van der Waals surface area (Å²) in [6, 6.07) is 2.01. The number of hydrogen-bond acceptors (Lipinski definition) is 4. The Morgan fingerprint density at radius 3 is 3.20 bits per heavy atom. The minimum Gasteiger partial charge on any atom is -0.216 e. The van der Waals surface area contributed by atoms with E-state index in [1.165, 1.54) is 6.33 Å². The molecule has 80 valence electrons. The number of hydrogen-bond donors (Lipinski definition) is 0.